The third-order valence-electron chi connectivity index (χ3n) is 2.12. The Morgan fingerprint density at radius 1 is 1.33 bits per heavy atom. The van der Waals surface area contributed by atoms with Crippen LogP contribution in [0.4, 0.5) is 5.69 Å². The lowest BCUT2D eigenvalue weighted by molar-refractivity contribution is 0.475. The first-order valence-corrected chi connectivity index (χ1v) is 4.74. The summed E-state index contributed by atoms with van der Waals surface area (Å²) >= 11 is 0. The molecule has 0 spiro atoms. The predicted molar refractivity (Wildman–Crippen MR) is 58.6 cm³/mol. The molecule has 0 aliphatic rings. The van der Waals surface area contributed by atoms with Crippen LogP contribution >= 0.6 is 0 Å². The number of phenols is 1. The number of rotatable bonds is 3. The van der Waals surface area contributed by atoms with Crippen molar-refractivity contribution in [1.29, 1.82) is 0 Å². The smallest absolute Gasteiger partial charge is 0.115 e. The summed E-state index contributed by atoms with van der Waals surface area (Å²) in [6, 6.07) is 6.99. The van der Waals surface area contributed by atoms with Gasteiger partial charge in [-0.15, -0.1) is 0 Å². The Balaban J connectivity index is 1.96. The lowest BCUT2D eigenvalue weighted by Gasteiger charge is -2.03. The van der Waals surface area contributed by atoms with Crippen molar-refractivity contribution in [2.45, 2.75) is 6.54 Å². The molecule has 4 heteroatoms. The summed E-state index contributed by atoms with van der Waals surface area (Å²) in [6.07, 6.45) is 3.79. The largest absolute Gasteiger partial charge is 0.508 e. The van der Waals surface area contributed by atoms with Crippen molar-refractivity contribution in [2.75, 3.05) is 5.32 Å². The van der Waals surface area contributed by atoms with Gasteiger partial charge in [-0.05, 0) is 24.3 Å². The first-order valence-electron chi connectivity index (χ1n) is 4.74. The van der Waals surface area contributed by atoms with Gasteiger partial charge in [0.05, 0.1) is 6.20 Å². The summed E-state index contributed by atoms with van der Waals surface area (Å²) in [5.41, 5.74) is 2.11. The number of hydrogen-bond donors (Lipinski definition) is 2. The first-order chi connectivity index (χ1) is 7.24. The van der Waals surface area contributed by atoms with E-state index < -0.39 is 0 Å². The molecule has 2 aromatic rings. The Kier molecular flexibility index (Phi) is 2.58. The molecule has 0 fully saturated rings. The molecular formula is C11H13N3O. The molecular weight excluding hydrogens is 190 g/mol. The number of benzene rings is 1. The van der Waals surface area contributed by atoms with Gasteiger partial charge in [-0.1, -0.05) is 0 Å². The molecule has 0 aliphatic carbocycles. The minimum absolute atomic E-state index is 0.280. The fraction of sp³-hybridized carbons (Fsp3) is 0.182. The fourth-order valence-corrected chi connectivity index (χ4v) is 1.35. The second-order valence-electron chi connectivity index (χ2n) is 3.42. The maximum Gasteiger partial charge on any atom is 0.115 e. The highest BCUT2D eigenvalue weighted by Gasteiger charge is 1.96. The standard InChI is InChI=1S/C11H13N3O/c1-14-8-9(7-13-14)6-12-10-2-4-11(15)5-3-10/h2-5,7-8,12,15H,6H2,1H3. The summed E-state index contributed by atoms with van der Waals surface area (Å²) < 4.78 is 1.77. The second-order valence-corrected chi connectivity index (χ2v) is 3.42. The van der Waals surface area contributed by atoms with Crippen molar-refractivity contribution >= 4 is 5.69 Å². The van der Waals surface area contributed by atoms with E-state index in [4.69, 9.17) is 5.11 Å². The lowest BCUT2D eigenvalue weighted by Crippen LogP contribution is -1.97. The molecule has 0 atom stereocenters. The molecule has 0 unspecified atom stereocenters. The zero-order valence-corrected chi connectivity index (χ0v) is 8.51. The summed E-state index contributed by atoms with van der Waals surface area (Å²) in [6.45, 7) is 0.735. The van der Waals surface area contributed by atoms with Crippen LogP contribution in [0.15, 0.2) is 36.7 Å². The van der Waals surface area contributed by atoms with Crippen molar-refractivity contribution < 1.29 is 5.11 Å². The number of hydrogen-bond acceptors (Lipinski definition) is 3. The summed E-state index contributed by atoms with van der Waals surface area (Å²) in [5, 5.41) is 16.4. The first kappa shape index (κ1) is 9.58. The molecule has 2 N–H and O–H groups in total. The molecule has 1 aromatic carbocycles. The van der Waals surface area contributed by atoms with Crippen LogP contribution in [0, 0.1) is 0 Å². The molecule has 1 heterocycles. The molecule has 0 radical (unpaired) electrons. The van der Waals surface area contributed by atoms with Gasteiger partial charge >= 0.3 is 0 Å². The molecule has 0 saturated carbocycles. The van der Waals surface area contributed by atoms with E-state index in [9.17, 15) is 0 Å². The Morgan fingerprint density at radius 2 is 2.07 bits per heavy atom. The van der Waals surface area contributed by atoms with Gasteiger partial charge in [0.15, 0.2) is 0 Å². The normalized spacial score (nSPS) is 10.2. The average molecular weight is 203 g/mol. The molecule has 4 nitrogen and oxygen atoms in total. The zero-order chi connectivity index (χ0) is 10.7. The van der Waals surface area contributed by atoms with E-state index in [0.29, 0.717) is 0 Å². The number of aromatic hydroxyl groups is 1. The Hall–Kier alpha value is -1.97. The van der Waals surface area contributed by atoms with Gasteiger partial charge in [-0.25, -0.2) is 0 Å². The van der Waals surface area contributed by atoms with Crippen LogP contribution in [-0.2, 0) is 13.6 Å². The lowest BCUT2D eigenvalue weighted by atomic mass is 10.3. The van der Waals surface area contributed by atoms with Gasteiger partial charge in [0.2, 0.25) is 0 Å². The second kappa shape index (κ2) is 4.04. The SMILES string of the molecule is Cn1cc(CNc2ccc(O)cc2)cn1. The molecule has 1 aromatic heterocycles. The van der Waals surface area contributed by atoms with Crippen LogP contribution in [0.5, 0.6) is 5.75 Å². The number of nitrogens with zero attached hydrogens (tertiary/aromatic N) is 2. The fourth-order valence-electron chi connectivity index (χ4n) is 1.35. The van der Waals surface area contributed by atoms with Gasteiger partial charge in [0.25, 0.3) is 0 Å². The monoisotopic (exact) mass is 203 g/mol. The highest BCUT2D eigenvalue weighted by atomic mass is 16.3. The maximum atomic E-state index is 9.10. The topological polar surface area (TPSA) is 50.1 Å². The molecule has 78 valence electrons. The van der Waals surface area contributed by atoms with Crippen molar-refractivity contribution in [2.24, 2.45) is 7.05 Å². The third kappa shape index (κ3) is 2.49. The van der Waals surface area contributed by atoms with Crippen molar-refractivity contribution in [1.82, 2.24) is 9.78 Å². The van der Waals surface area contributed by atoms with Crippen molar-refractivity contribution in [3.05, 3.63) is 42.2 Å². The van der Waals surface area contributed by atoms with Gasteiger partial charge in [-0.3, -0.25) is 4.68 Å². The molecule has 0 amide bonds. The van der Waals surface area contributed by atoms with E-state index in [1.54, 1.807) is 16.8 Å². The highest BCUT2D eigenvalue weighted by molar-refractivity contribution is 5.46. The average Bonchev–Trinajstić information content (AvgIpc) is 2.64. The van der Waals surface area contributed by atoms with E-state index in [1.807, 2.05) is 31.6 Å². The predicted octanol–water partition coefficient (Wildman–Crippen LogP) is 1.74. The van der Waals surface area contributed by atoms with Crippen LogP contribution in [0.1, 0.15) is 5.56 Å². The van der Waals surface area contributed by atoms with Gasteiger partial charge in [0.1, 0.15) is 5.75 Å². The Bertz CT molecular complexity index is 433. The maximum absolute atomic E-state index is 9.10. The van der Waals surface area contributed by atoms with E-state index >= 15 is 0 Å². The van der Waals surface area contributed by atoms with Crippen LogP contribution in [0.25, 0.3) is 0 Å². The number of nitrogens with one attached hydrogen (secondary N) is 1. The number of phenolic OH excluding ortho intramolecular Hbond substituents is 1. The zero-order valence-electron chi connectivity index (χ0n) is 8.51. The van der Waals surface area contributed by atoms with Crippen LogP contribution in [0.3, 0.4) is 0 Å². The number of aryl methyl sites for hydroxylation is 1. The van der Waals surface area contributed by atoms with E-state index in [1.165, 1.54) is 0 Å². The van der Waals surface area contributed by atoms with Crippen LogP contribution in [-0.4, -0.2) is 14.9 Å². The molecule has 0 saturated heterocycles. The molecule has 2 rings (SSSR count). The van der Waals surface area contributed by atoms with Crippen molar-refractivity contribution in [3.63, 3.8) is 0 Å². The number of anilines is 1. The van der Waals surface area contributed by atoms with E-state index in [-0.39, 0.29) is 5.75 Å². The summed E-state index contributed by atoms with van der Waals surface area (Å²) in [4.78, 5) is 0. The summed E-state index contributed by atoms with van der Waals surface area (Å²) in [5.74, 6) is 0.280. The van der Waals surface area contributed by atoms with Crippen LogP contribution in [0.2, 0.25) is 0 Å². The van der Waals surface area contributed by atoms with Gasteiger partial charge in [-0.2, -0.15) is 5.10 Å². The van der Waals surface area contributed by atoms with Crippen molar-refractivity contribution in [3.8, 4) is 5.75 Å². The van der Waals surface area contributed by atoms with E-state index in [0.717, 1.165) is 17.8 Å². The minimum atomic E-state index is 0.280. The minimum Gasteiger partial charge on any atom is -0.508 e. The Labute approximate surface area is 88.2 Å². The highest BCUT2D eigenvalue weighted by Crippen LogP contribution is 2.14. The van der Waals surface area contributed by atoms with Gasteiger partial charge < -0.3 is 10.4 Å². The molecule has 0 bridgehead atoms. The third-order valence-corrected chi connectivity index (χ3v) is 2.12. The quantitative estimate of drug-likeness (QED) is 0.747. The van der Waals surface area contributed by atoms with E-state index in [2.05, 4.69) is 10.4 Å². The molecule has 0 aliphatic heterocycles. The van der Waals surface area contributed by atoms with Gasteiger partial charge in [0, 0.05) is 31.0 Å². The summed E-state index contributed by atoms with van der Waals surface area (Å²) in [7, 11) is 1.89. The Morgan fingerprint density at radius 3 is 2.67 bits per heavy atom. The molecule has 15 heavy (non-hydrogen) atoms. The van der Waals surface area contributed by atoms with Crippen LogP contribution < -0.4 is 5.32 Å². The number of aromatic nitrogens is 2.